The monoisotopic (exact) mass is 200 g/mol. The molecule has 1 fully saturated rings. The van der Waals surface area contributed by atoms with Crippen molar-refractivity contribution in [1.82, 2.24) is 9.80 Å². The van der Waals surface area contributed by atoms with E-state index in [9.17, 15) is 5.11 Å². The Kier molecular flexibility index (Phi) is 4.35. The topological polar surface area (TPSA) is 26.7 Å². The van der Waals surface area contributed by atoms with Crippen molar-refractivity contribution in [2.24, 2.45) is 0 Å². The average molecular weight is 200 g/mol. The number of aliphatic hydroxyl groups is 1. The van der Waals surface area contributed by atoms with Gasteiger partial charge in [0.2, 0.25) is 0 Å². The van der Waals surface area contributed by atoms with Crippen molar-refractivity contribution in [2.45, 2.75) is 45.9 Å². The van der Waals surface area contributed by atoms with Crippen LogP contribution in [0.5, 0.6) is 0 Å². The van der Waals surface area contributed by atoms with E-state index in [2.05, 4.69) is 30.6 Å². The summed E-state index contributed by atoms with van der Waals surface area (Å²) in [6, 6.07) is 1.21. The zero-order valence-electron chi connectivity index (χ0n) is 9.90. The molecule has 1 aliphatic rings. The molecular formula is C11H24N2O. The summed E-state index contributed by atoms with van der Waals surface area (Å²) >= 11 is 0. The first-order valence-electron chi connectivity index (χ1n) is 5.67. The maximum absolute atomic E-state index is 9.34. The predicted molar refractivity (Wildman–Crippen MR) is 59.4 cm³/mol. The summed E-state index contributed by atoms with van der Waals surface area (Å²) in [5, 5.41) is 9.34. The third-order valence-corrected chi connectivity index (χ3v) is 3.03. The molecule has 84 valence electrons. The summed E-state index contributed by atoms with van der Waals surface area (Å²) in [6.45, 7) is 12.8. The molecule has 1 aliphatic heterocycles. The van der Waals surface area contributed by atoms with Gasteiger partial charge in [-0.1, -0.05) is 0 Å². The lowest BCUT2D eigenvalue weighted by Gasteiger charge is -2.42. The van der Waals surface area contributed by atoms with Gasteiger partial charge in [0.1, 0.15) is 0 Å². The fourth-order valence-corrected chi connectivity index (χ4v) is 2.10. The van der Waals surface area contributed by atoms with Crippen molar-refractivity contribution < 1.29 is 5.11 Å². The Hall–Kier alpha value is -0.120. The number of aliphatic hydroxyl groups excluding tert-OH is 1. The van der Waals surface area contributed by atoms with Crippen LogP contribution in [0.3, 0.4) is 0 Å². The summed E-state index contributed by atoms with van der Waals surface area (Å²) in [7, 11) is 0. The molecule has 14 heavy (non-hydrogen) atoms. The molecule has 0 bridgehead atoms. The molecule has 0 radical (unpaired) electrons. The first kappa shape index (κ1) is 12.0. The minimum Gasteiger partial charge on any atom is -0.392 e. The molecule has 2 atom stereocenters. The molecule has 0 aliphatic carbocycles. The van der Waals surface area contributed by atoms with Crippen LogP contribution in [0.4, 0.5) is 0 Å². The average Bonchev–Trinajstić information content (AvgIpc) is 2.07. The van der Waals surface area contributed by atoms with Gasteiger partial charge in [-0.3, -0.25) is 9.80 Å². The van der Waals surface area contributed by atoms with Crippen molar-refractivity contribution >= 4 is 0 Å². The van der Waals surface area contributed by atoms with E-state index in [0.717, 1.165) is 26.2 Å². The minimum atomic E-state index is -0.206. The van der Waals surface area contributed by atoms with Gasteiger partial charge in [0.05, 0.1) is 6.10 Å². The Bertz CT molecular complexity index is 171. The lowest BCUT2D eigenvalue weighted by Crippen LogP contribution is -2.55. The molecule has 3 heteroatoms. The van der Waals surface area contributed by atoms with Crippen LogP contribution in [0, 0.1) is 0 Å². The van der Waals surface area contributed by atoms with Gasteiger partial charge >= 0.3 is 0 Å². The highest BCUT2D eigenvalue weighted by Crippen LogP contribution is 2.12. The summed E-state index contributed by atoms with van der Waals surface area (Å²) in [6.07, 6.45) is -0.206. The van der Waals surface area contributed by atoms with Crippen molar-refractivity contribution in [3.63, 3.8) is 0 Å². The summed E-state index contributed by atoms with van der Waals surface area (Å²) < 4.78 is 0. The van der Waals surface area contributed by atoms with Crippen LogP contribution in [0.15, 0.2) is 0 Å². The molecule has 2 unspecified atom stereocenters. The lowest BCUT2D eigenvalue weighted by atomic mass is 10.1. The van der Waals surface area contributed by atoms with E-state index in [1.165, 1.54) is 0 Å². The van der Waals surface area contributed by atoms with E-state index in [1.807, 2.05) is 6.92 Å². The first-order valence-corrected chi connectivity index (χ1v) is 5.67. The third kappa shape index (κ3) is 3.23. The third-order valence-electron chi connectivity index (χ3n) is 3.03. The normalized spacial score (nSPS) is 28.3. The minimum absolute atomic E-state index is 0.206. The number of piperazine rings is 1. The maximum atomic E-state index is 9.34. The van der Waals surface area contributed by atoms with Crippen LogP contribution in [-0.2, 0) is 0 Å². The SMILES string of the molecule is CC(O)CN1CCN(C(C)C)CC1C. The molecule has 0 aromatic carbocycles. The molecule has 0 amide bonds. The largest absolute Gasteiger partial charge is 0.392 e. The molecule has 1 rings (SSSR count). The Morgan fingerprint density at radius 2 is 1.93 bits per heavy atom. The van der Waals surface area contributed by atoms with Crippen LogP contribution < -0.4 is 0 Å². The van der Waals surface area contributed by atoms with E-state index >= 15 is 0 Å². The van der Waals surface area contributed by atoms with Crippen molar-refractivity contribution in [1.29, 1.82) is 0 Å². The van der Waals surface area contributed by atoms with Crippen molar-refractivity contribution in [2.75, 3.05) is 26.2 Å². The molecule has 0 spiro atoms. The highest BCUT2D eigenvalue weighted by atomic mass is 16.3. The van der Waals surface area contributed by atoms with E-state index < -0.39 is 0 Å². The molecule has 1 N–H and O–H groups in total. The quantitative estimate of drug-likeness (QED) is 0.729. The Morgan fingerprint density at radius 1 is 1.29 bits per heavy atom. The van der Waals surface area contributed by atoms with Gasteiger partial charge in [0.25, 0.3) is 0 Å². The lowest BCUT2D eigenvalue weighted by molar-refractivity contribution is 0.0338. The second-order valence-corrected chi connectivity index (χ2v) is 4.78. The second-order valence-electron chi connectivity index (χ2n) is 4.78. The molecule has 1 saturated heterocycles. The van der Waals surface area contributed by atoms with E-state index in [4.69, 9.17) is 0 Å². The number of rotatable bonds is 3. The maximum Gasteiger partial charge on any atom is 0.0639 e. The number of β-amino-alcohol motifs (C(OH)–C–C–N with tert-alkyl or cyclic N) is 1. The Balaban J connectivity index is 2.39. The standard InChI is InChI=1S/C11H24N2O/c1-9(2)12-5-6-13(8-11(4)14)10(3)7-12/h9-11,14H,5-8H2,1-4H3. The van der Waals surface area contributed by atoms with E-state index in [0.29, 0.717) is 12.1 Å². The van der Waals surface area contributed by atoms with Crippen LogP contribution in [0.1, 0.15) is 27.7 Å². The van der Waals surface area contributed by atoms with E-state index in [1.54, 1.807) is 0 Å². The highest BCUT2D eigenvalue weighted by Gasteiger charge is 2.25. The number of hydrogen-bond donors (Lipinski definition) is 1. The highest BCUT2D eigenvalue weighted by molar-refractivity contribution is 4.81. The van der Waals surface area contributed by atoms with Crippen LogP contribution in [0.25, 0.3) is 0 Å². The predicted octanol–water partition coefficient (Wildman–Crippen LogP) is 0.782. The number of nitrogens with zero attached hydrogens (tertiary/aromatic N) is 2. The molecule has 3 nitrogen and oxygen atoms in total. The van der Waals surface area contributed by atoms with Gasteiger partial charge in [-0.25, -0.2) is 0 Å². The Labute approximate surface area is 87.7 Å². The van der Waals surface area contributed by atoms with Crippen LogP contribution in [-0.4, -0.2) is 59.3 Å². The van der Waals surface area contributed by atoms with Gasteiger partial charge in [0, 0.05) is 38.3 Å². The van der Waals surface area contributed by atoms with Gasteiger partial charge in [0.15, 0.2) is 0 Å². The molecule has 0 saturated carbocycles. The van der Waals surface area contributed by atoms with Gasteiger partial charge in [-0.05, 0) is 27.7 Å². The smallest absolute Gasteiger partial charge is 0.0639 e. The molecule has 0 aromatic rings. The summed E-state index contributed by atoms with van der Waals surface area (Å²) in [5.74, 6) is 0. The fourth-order valence-electron chi connectivity index (χ4n) is 2.10. The zero-order chi connectivity index (χ0) is 10.7. The Morgan fingerprint density at radius 3 is 2.36 bits per heavy atom. The van der Waals surface area contributed by atoms with Crippen LogP contribution >= 0.6 is 0 Å². The zero-order valence-corrected chi connectivity index (χ0v) is 9.90. The molecule has 1 heterocycles. The molecule has 0 aromatic heterocycles. The fraction of sp³-hybridized carbons (Fsp3) is 1.00. The van der Waals surface area contributed by atoms with Gasteiger partial charge in [-0.2, -0.15) is 0 Å². The van der Waals surface area contributed by atoms with Crippen LogP contribution in [0.2, 0.25) is 0 Å². The number of hydrogen-bond acceptors (Lipinski definition) is 3. The van der Waals surface area contributed by atoms with Crippen molar-refractivity contribution in [3.05, 3.63) is 0 Å². The van der Waals surface area contributed by atoms with Gasteiger partial charge < -0.3 is 5.11 Å². The summed E-state index contributed by atoms with van der Waals surface area (Å²) in [4.78, 5) is 4.88. The van der Waals surface area contributed by atoms with E-state index in [-0.39, 0.29) is 6.10 Å². The van der Waals surface area contributed by atoms with Crippen molar-refractivity contribution in [3.8, 4) is 0 Å². The van der Waals surface area contributed by atoms with Gasteiger partial charge in [-0.15, -0.1) is 0 Å². The molecular weight excluding hydrogens is 176 g/mol. The first-order chi connectivity index (χ1) is 6.50. The second kappa shape index (κ2) is 5.10. The summed E-state index contributed by atoms with van der Waals surface area (Å²) in [5.41, 5.74) is 0.